The Morgan fingerprint density at radius 3 is 2.54 bits per heavy atom. The second kappa shape index (κ2) is 8.04. The number of hydrogen-bond donors (Lipinski definition) is 1. The SMILES string of the molecule is CCN1CCN(C(=O)CCc2cc3cc(C(C)C)ccc3[nH]c2=O)CC1. The van der Waals surface area contributed by atoms with E-state index in [-0.39, 0.29) is 11.5 Å². The van der Waals surface area contributed by atoms with Crippen LogP contribution in [0.4, 0.5) is 0 Å². The van der Waals surface area contributed by atoms with Gasteiger partial charge in [0, 0.05) is 43.7 Å². The number of aromatic nitrogens is 1. The second-order valence-electron chi connectivity index (χ2n) is 7.44. The maximum atomic E-state index is 12.5. The van der Waals surface area contributed by atoms with Gasteiger partial charge >= 0.3 is 0 Å². The smallest absolute Gasteiger partial charge is 0.251 e. The van der Waals surface area contributed by atoms with E-state index in [1.165, 1.54) is 5.56 Å². The van der Waals surface area contributed by atoms with E-state index in [1.54, 1.807) is 0 Å². The van der Waals surface area contributed by atoms with Crippen molar-refractivity contribution in [2.24, 2.45) is 0 Å². The van der Waals surface area contributed by atoms with Gasteiger partial charge in [-0.1, -0.05) is 26.8 Å². The Bertz CT molecular complexity index is 833. The van der Waals surface area contributed by atoms with Gasteiger partial charge in [-0.3, -0.25) is 9.59 Å². The van der Waals surface area contributed by atoms with Crippen LogP contribution in [0.25, 0.3) is 10.9 Å². The van der Waals surface area contributed by atoms with Crippen molar-refractivity contribution in [2.75, 3.05) is 32.7 Å². The zero-order chi connectivity index (χ0) is 18.7. The van der Waals surface area contributed by atoms with Crippen molar-refractivity contribution in [3.8, 4) is 0 Å². The average Bonchev–Trinajstić information content (AvgIpc) is 2.65. The molecule has 1 fully saturated rings. The lowest BCUT2D eigenvalue weighted by atomic mass is 10.00. The molecule has 0 spiro atoms. The lowest BCUT2D eigenvalue weighted by molar-refractivity contribution is -0.132. The molecule has 1 N–H and O–H groups in total. The van der Waals surface area contributed by atoms with Gasteiger partial charge in [-0.2, -0.15) is 0 Å². The van der Waals surface area contributed by atoms with Crippen LogP contribution < -0.4 is 5.56 Å². The molecule has 2 aromatic rings. The van der Waals surface area contributed by atoms with E-state index in [9.17, 15) is 9.59 Å². The number of aromatic amines is 1. The number of nitrogens with zero attached hydrogens (tertiary/aromatic N) is 2. The molecule has 0 atom stereocenters. The Hall–Kier alpha value is -2.14. The van der Waals surface area contributed by atoms with Gasteiger partial charge in [-0.25, -0.2) is 0 Å². The third-order valence-electron chi connectivity index (χ3n) is 5.39. The Balaban J connectivity index is 1.69. The summed E-state index contributed by atoms with van der Waals surface area (Å²) in [6.45, 7) is 11.0. The molecule has 26 heavy (non-hydrogen) atoms. The van der Waals surface area contributed by atoms with E-state index >= 15 is 0 Å². The molecule has 0 unspecified atom stereocenters. The standard InChI is InChI=1S/C21H29N3O2/c1-4-23-9-11-24(12-10-23)20(25)8-6-17-14-18-13-16(15(2)3)5-7-19(18)22-21(17)26/h5,7,13-15H,4,6,8-12H2,1-3H3,(H,22,26). The summed E-state index contributed by atoms with van der Waals surface area (Å²) in [6.07, 6.45) is 0.884. The van der Waals surface area contributed by atoms with Crippen LogP contribution >= 0.6 is 0 Å². The Kier molecular flexibility index (Phi) is 5.77. The van der Waals surface area contributed by atoms with Gasteiger partial charge in [0.25, 0.3) is 5.56 Å². The van der Waals surface area contributed by atoms with Crippen LogP contribution in [0.2, 0.25) is 0 Å². The predicted molar refractivity (Wildman–Crippen MR) is 106 cm³/mol. The quantitative estimate of drug-likeness (QED) is 0.897. The third kappa shape index (κ3) is 4.15. The van der Waals surface area contributed by atoms with E-state index < -0.39 is 0 Å². The summed E-state index contributed by atoms with van der Waals surface area (Å²) in [6, 6.07) is 8.10. The van der Waals surface area contributed by atoms with Gasteiger partial charge in [0.2, 0.25) is 5.91 Å². The van der Waals surface area contributed by atoms with Crippen molar-refractivity contribution in [3.05, 3.63) is 45.7 Å². The van der Waals surface area contributed by atoms with Crippen LogP contribution in [0.3, 0.4) is 0 Å². The largest absolute Gasteiger partial charge is 0.340 e. The maximum absolute atomic E-state index is 12.5. The molecule has 2 heterocycles. The summed E-state index contributed by atoms with van der Waals surface area (Å²) >= 11 is 0. The number of rotatable bonds is 5. The van der Waals surface area contributed by atoms with E-state index in [4.69, 9.17) is 0 Å². The number of nitrogens with one attached hydrogen (secondary N) is 1. The lowest BCUT2D eigenvalue weighted by Crippen LogP contribution is -2.48. The summed E-state index contributed by atoms with van der Waals surface area (Å²) in [5.41, 5.74) is 2.71. The van der Waals surface area contributed by atoms with Gasteiger partial charge in [0.05, 0.1) is 0 Å². The monoisotopic (exact) mass is 355 g/mol. The highest BCUT2D eigenvalue weighted by Gasteiger charge is 2.20. The summed E-state index contributed by atoms with van der Waals surface area (Å²) < 4.78 is 0. The number of H-pyrrole nitrogens is 1. The van der Waals surface area contributed by atoms with E-state index in [0.29, 0.717) is 24.3 Å². The molecule has 140 valence electrons. The normalized spacial score (nSPS) is 15.8. The number of carbonyl (C=O) groups excluding carboxylic acids is 1. The minimum Gasteiger partial charge on any atom is -0.340 e. The fourth-order valence-corrected chi connectivity index (χ4v) is 3.53. The van der Waals surface area contributed by atoms with Crippen molar-refractivity contribution in [1.82, 2.24) is 14.8 Å². The second-order valence-corrected chi connectivity index (χ2v) is 7.44. The highest BCUT2D eigenvalue weighted by atomic mass is 16.2. The zero-order valence-electron chi connectivity index (χ0n) is 16.0. The molecule has 5 nitrogen and oxygen atoms in total. The Labute approximate surface area is 155 Å². The van der Waals surface area contributed by atoms with Crippen LogP contribution in [-0.2, 0) is 11.2 Å². The molecule has 0 aliphatic carbocycles. The summed E-state index contributed by atoms with van der Waals surface area (Å²) in [5.74, 6) is 0.592. The van der Waals surface area contributed by atoms with Crippen molar-refractivity contribution in [2.45, 2.75) is 39.5 Å². The molecule has 1 amide bonds. The first-order valence-corrected chi connectivity index (χ1v) is 9.64. The molecule has 0 saturated carbocycles. The molecule has 0 radical (unpaired) electrons. The number of likely N-dealkylation sites (N-methyl/N-ethyl adjacent to an activating group) is 1. The summed E-state index contributed by atoms with van der Waals surface area (Å²) in [5, 5.41) is 1.04. The van der Waals surface area contributed by atoms with Gasteiger partial charge in [-0.05, 0) is 48.0 Å². The number of fused-ring (bicyclic) bond motifs is 1. The summed E-state index contributed by atoms with van der Waals surface area (Å²) in [4.78, 5) is 32.0. The van der Waals surface area contributed by atoms with Crippen LogP contribution in [0.5, 0.6) is 0 Å². The van der Waals surface area contributed by atoms with Gasteiger partial charge in [-0.15, -0.1) is 0 Å². The van der Waals surface area contributed by atoms with Crippen LogP contribution in [0.1, 0.15) is 44.2 Å². The van der Waals surface area contributed by atoms with Crippen LogP contribution in [0, 0.1) is 0 Å². The number of carbonyl (C=O) groups is 1. The molecule has 1 aliphatic rings. The van der Waals surface area contributed by atoms with Gasteiger partial charge in [0.15, 0.2) is 0 Å². The minimum atomic E-state index is -0.0848. The number of amides is 1. The average molecular weight is 355 g/mol. The van der Waals surface area contributed by atoms with Crippen molar-refractivity contribution >= 4 is 16.8 Å². The molecular weight excluding hydrogens is 326 g/mol. The molecule has 1 aliphatic heterocycles. The van der Waals surface area contributed by atoms with Crippen LogP contribution in [0.15, 0.2) is 29.1 Å². The van der Waals surface area contributed by atoms with Gasteiger partial charge < -0.3 is 14.8 Å². The fourth-order valence-electron chi connectivity index (χ4n) is 3.53. The number of pyridine rings is 1. The topological polar surface area (TPSA) is 56.4 Å². The first-order valence-electron chi connectivity index (χ1n) is 9.64. The number of hydrogen-bond acceptors (Lipinski definition) is 3. The van der Waals surface area contributed by atoms with Crippen molar-refractivity contribution < 1.29 is 4.79 Å². The molecule has 1 saturated heterocycles. The third-order valence-corrected chi connectivity index (χ3v) is 5.39. The Morgan fingerprint density at radius 1 is 1.15 bits per heavy atom. The first-order chi connectivity index (χ1) is 12.5. The highest BCUT2D eigenvalue weighted by Crippen LogP contribution is 2.20. The van der Waals surface area contributed by atoms with E-state index in [0.717, 1.165) is 43.6 Å². The number of piperazine rings is 1. The predicted octanol–water partition coefficient (Wildman–Crippen LogP) is 2.75. The highest BCUT2D eigenvalue weighted by molar-refractivity contribution is 5.80. The zero-order valence-corrected chi connectivity index (χ0v) is 16.0. The van der Waals surface area contributed by atoms with Gasteiger partial charge in [0.1, 0.15) is 0 Å². The molecular formula is C21H29N3O2. The molecule has 0 bridgehead atoms. The molecule has 3 rings (SSSR count). The van der Waals surface area contributed by atoms with Crippen molar-refractivity contribution in [3.63, 3.8) is 0 Å². The minimum absolute atomic E-state index is 0.0848. The van der Waals surface area contributed by atoms with E-state index in [1.807, 2.05) is 17.0 Å². The maximum Gasteiger partial charge on any atom is 0.251 e. The molecule has 1 aromatic carbocycles. The fraction of sp³-hybridized carbons (Fsp3) is 0.524. The number of aryl methyl sites for hydroxylation is 1. The van der Waals surface area contributed by atoms with Crippen molar-refractivity contribution in [1.29, 1.82) is 0 Å². The Morgan fingerprint density at radius 2 is 1.88 bits per heavy atom. The molecule has 5 heteroatoms. The molecule has 1 aromatic heterocycles. The number of benzene rings is 1. The lowest BCUT2D eigenvalue weighted by Gasteiger charge is -2.34. The summed E-state index contributed by atoms with van der Waals surface area (Å²) in [7, 11) is 0. The first kappa shape index (κ1) is 18.6. The van der Waals surface area contributed by atoms with Crippen LogP contribution in [-0.4, -0.2) is 53.4 Å². The van der Waals surface area contributed by atoms with E-state index in [2.05, 4.69) is 42.8 Å².